The predicted molar refractivity (Wildman–Crippen MR) is 140 cm³/mol. The number of nitrogens with zero attached hydrogens (tertiary/aromatic N) is 2. The topological polar surface area (TPSA) is 287 Å². The predicted octanol–water partition coefficient (Wildman–Crippen LogP) is -4.39. The maximum Gasteiger partial charge on any atom is 0.228 e. The Morgan fingerprint density at radius 1 is 0.841 bits per heavy atom. The molecule has 3 fully saturated rings. The second-order valence-electron chi connectivity index (χ2n) is 12.0. The zero-order valence-corrected chi connectivity index (χ0v) is 23.4. The van der Waals surface area contributed by atoms with Gasteiger partial charge >= 0.3 is 0 Å². The van der Waals surface area contributed by atoms with E-state index in [-0.39, 0.29) is 25.0 Å². The standard InChI is InChI=1S/C28H38N2O14/c29-4-2-11-14(41-26-24(39)22(37)20(35)15(8-31)42-26)6-13(34)18-12(7-30)28(19(11)18)3-1-10(33)5-17(28)44-27-25(40)23(38)21(36)16(9-32)43-27/h1,3,10,12-13,15-27,31-40H,2,5-6,8-9H2/t10-,12-,13+,15+,16+,17-,18+,19-,20+,21+,22-,23-,24+,25+,26-,27+,28-/m0/s1. The Hall–Kier alpha value is -2.26. The number of aliphatic hydroxyl groups excluding tert-OH is 10. The van der Waals surface area contributed by atoms with Gasteiger partial charge in [-0.25, -0.2) is 0 Å². The maximum absolute atomic E-state index is 11.2. The van der Waals surface area contributed by atoms with Crippen molar-refractivity contribution in [3.63, 3.8) is 0 Å². The summed E-state index contributed by atoms with van der Waals surface area (Å²) in [4.78, 5) is 0. The third kappa shape index (κ3) is 5.23. The van der Waals surface area contributed by atoms with E-state index in [1.165, 1.54) is 6.08 Å². The van der Waals surface area contributed by atoms with Crippen LogP contribution in [-0.2, 0) is 18.9 Å². The summed E-state index contributed by atoms with van der Waals surface area (Å²) in [5, 5.41) is 123. The van der Waals surface area contributed by atoms with Crippen LogP contribution >= 0.6 is 0 Å². The highest BCUT2D eigenvalue weighted by molar-refractivity contribution is 5.40. The molecule has 244 valence electrons. The van der Waals surface area contributed by atoms with Gasteiger partial charge in [-0.05, 0) is 5.57 Å². The van der Waals surface area contributed by atoms with Crippen molar-refractivity contribution in [3.8, 4) is 12.1 Å². The molecule has 10 N–H and O–H groups in total. The van der Waals surface area contributed by atoms with Gasteiger partial charge in [-0.15, -0.1) is 0 Å². The Bertz CT molecular complexity index is 1200. The lowest BCUT2D eigenvalue weighted by Gasteiger charge is -2.65. The zero-order valence-electron chi connectivity index (χ0n) is 23.4. The highest BCUT2D eigenvalue weighted by Gasteiger charge is 2.70. The molecule has 5 aliphatic rings. The van der Waals surface area contributed by atoms with Crippen LogP contribution in [0, 0.1) is 45.8 Å². The SMILES string of the molecule is N#CCC1=C(O[C@H]2O[C@H](CO)[C@@H](O)[C@H](O)[C@H]2O)C[C@@H](O)[C@H]2[C@H](C#N)[C@]3(C=C[C@H](O)C[C@@H]3O[C@H]3O[C@H](CO)[C@@H](O)[C@H](O)[C@H]3O)[C@@H]12. The number of aliphatic hydroxyl groups is 10. The molecule has 0 amide bonds. The molecule has 2 heterocycles. The number of fused-ring (bicyclic) bond motifs is 2. The number of hydrogen-bond acceptors (Lipinski definition) is 16. The second kappa shape index (κ2) is 12.9. The van der Waals surface area contributed by atoms with Crippen LogP contribution < -0.4 is 0 Å². The van der Waals surface area contributed by atoms with E-state index in [1.807, 2.05) is 6.07 Å². The second-order valence-corrected chi connectivity index (χ2v) is 12.0. The molecule has 1 saturated carbocycles. The average Bonchev–Trinajstić information content (AvgIpc) is 2.99. The minimum Gasteiger partial charge on any atom is -0.466 e. The van der Waals surface area contributed by atoms with E-state index in [0.717, 1.165) is 0 Å². The van der Waals surface area contributed by atoms with E-state index >= 15 is 0 Å². The van der Waals surface area contributed by atoms with E-state index in [9.17, 15) is 61.6 Å². The summed E-state index contributed by atoms with van der Waals surface area (Å²) in [5.41, 5.74) is -1.02. The number of rotatable bonds is 7. The molecule has 2 aliphatic heterocycles. The normalized spacial score (nSPS) is 50.4. The zero-order chi connectivity index (χ0) is 32.1. The molecule has 0 aromatic carbocycles. The third-order valence-corrected chi connectivity index (χ3v) is 9.70. The van der Waals surface area contributed by atoms with E-state index in [1.54, 1.807) is 6.08 Å². The fourth-order valence-corrected chi connectivity index (χ4v) is 7.47. The minimum atomic E-state index is -1.78. The monoisotopic (exact) mass is 626 g/mol. The average molecular weight is 627 g/mol. The molecule has 17 atom stereocenters. The van der Waals surface area contributed by atoms with Crippen LogP contribution in [0.2, 0.25) is 0 Å². The van der Waals surface area contributed by atoms with Crippen LogP contribution in [0.25, 0.3) is 0 Å². The Kier molecular flexibility index (Phi) is 9.68. The van der Waals surface area contributed by atoms with Crippen molar-refractivity contribution in [2.45, 2.75) is 99.0 Å². The van der Waals surface area contributed by atoms with Gasteiger partial charge in [-0.2, -0.15) is 10.5 Å². The minimum absolute atomic E-state index is 0.0199. The molecule has 3 aliphatic carbocycles. The first-order valence-corrected chi connectivity index (χ1v) is 14.4. The Balaban J connectivity index is 1.53. The smallest absolute Gasteiger partial charge is 0.228 e. The molecule has 2 saturated heterocycles. The number of allylic oxidation sites excluding steroid dienone is 1. The van der Waals surface area contributed by atoms with Gasteiger partial charge in [0.1, 0.15) is 54.6 Å². The molecule has 16 heteroatoms. The van der Waals surface area contributed by atoms with Crippen LogP contribution in [0.1, 0.15) is 19.3 Å². The van der Waals surface area contributed by atoms with Gasteiger partial charge in [0.2, 0.25) is 6.29 Å². The van der Waals surface area contributed by atoms with Crippen molar-refractivity contribution in [2.75, 3.05) is 13.2 Å². The largest absolute Gasteiger partial charge is 0.466 e. The van der Waals surface area contributed by atoms with Gasteiger partial charge in [-0.1, -0.05) is 12.2 Å². The van der Waals surface area contributed by atoms with Crippen molar-refractivity contribution in [3.05, 3.63) is 23.5 Å². The summed E-state index contributed by atoms with van der Waals surface area (Å²) in [7, 11) is 0. The van der Waals surface area contributed by atoms with E-state index in [4.69, 9.17) is 18.9 Å². The summed E-state index contributed by atoms with van der Waals surface area (Å²) in [5.74, 6) is -2.49. The highest BCUT2D eigenvalue weighted by Crippen LogP contribution is 2.68. The van der Waals surface area contributed by atoms with Crippen molar-refractivity contribution >= 4 is 0 Å². The molecule has 0 unspecified atom stereocenters. The molecule has 0 aromatic heterocycles. The van der Waals surface area contributed by atoms with Gasteiger partial charge in [-0.3, -0.25) is 0 Å². The van der Waals surface area contributed by atoms with Gasteiger partial charge in [0.15, 0.2) is 6.29 Å². The Morgan fingerprint density at radius 3 is 2.00 bits per heavy atom. The first-order valence-electron chi connectivity index (χ1n) is 14.4. The summed E-state index contributed by atoms with van der Waals surface area (Å²) >= 11 is 0. The molecule has 0 bridgehead atoms. The first-order chi connectivity index (χ1) is 20.9. The van der Waals surface area contributed by atoms with Gasteiger partial charge < -0.3 is 70.0 Å². The molecule has 1 spiro atoms. The molecule has 0 radical (unpaired) electrons. The lowest BCUT2D eigenvalue weighted by atomic mass is 9.39. The lowest BCUT2D eigenvalue weighted by molar-refractivity contribution is -0.332. The number of hydrogen-bond donors (Lipinski definition) is 10. The van der Waals surface area contributed by atoms with Crippen molar-refractivity contribution in [1.82, 2.24) is 0 Å². The molecule has 44 heavy (non-hydrogen) atoms. The van der Waals surface area contributed by atoms with Crippen molar-refractivity contribution in [1.29, 1.82) is 10.5 Å². The quantitative estimate of drug-likeness (QED) is 0.119. The fourth-order valence-electron chi connectivity index (χ4n) is 7.47. The van der Waals surface area contributed by atoms with Gasteiger partial charge in [0, 0.05) is 30.1 Å². The van der Waals surface area contributed by atoms with Gasteiger partial charge in [0.05, 0.1) is 56.0 Å². The molecule has 0 aromatic rings. The van der Waals surface area contributed by atoms with Crippen molar-refractivity contribution < 1.29 is 70.0 Å². The first kappa shape index (κ1) is 33.1. The number of ether oxygens (including phenoxy) is 4. The van der Waals surface area contributed by atoms with Crippen LogP contribution in [-0.4, -0.2) is 144 Å². The summed E-state index contributed by atoms with van der Waals surface area (Å²) in [6.07, 6.45) is -17.1. The molecule has 16 nitrogen and oxygen atoms in total. The molecular weight excluding hydrogens is 588 g/mol. The Labute approximate surface area is 251 Å². The van der Waals surface area contributed by atoms with Crippen LogP contribution in [0.4, 0.5) is 0 Å². The van der Waals surface area contributed by atoms with Crippen LogP contribution in [0.15, 0.2) is 23.5 Å². The molecule has 5 rings (SSSR count). The number of nitriles is 2. The summed E-state index contributed by atoms with van der Waals surface area (Å²) in [6, 6.07) is 4.25. The van der Waals surface area contributed by atoms with E-state index in [2.05, 4.69) is 6.07 Å². The third-order valence-electron chi connectivity index (χ3n) is 9.70. The van der Waals surface area contributed by atoms with E-state index in [0.29, 0.717) is 5.57 Å². The van der Waals surface area contributed by atoms with Crippen LogP contribution in [0.3, 0.4) is 0 Å². The fraction of sp³-hybridized carbons (Fsp3) is 0.786. The summed E-state index contributed by atoms with van der Waals surface area (Å²) in [6.45, 7) is -1.42. The van der Waals surface area contributed by atoms with Crippen LogP contribution in [0.5, 0.6) is 0 Å². The highest BCUT2D eigenvalue weighted by atomic mass is 16.7. The van der Waals surface area contributed by atoms with Gasteiger partial charge in [0.25, 0.3) is 0 Å². The Morgan fingerprint density at radius 2 is 1.43 bits per heavy atom. The summed E-state index contributed by atoms with van der Waals surface area (Å²) < 4.78 is 23.1. The molecular formula is C28H38N2O14. The maximum atomic E-state index is 11.2. The van der Waals surface area contributed by atoms with E-state index < -0.39 is 116 Å². The lowest BCUT2D eigenvalue weighted by Crippen LogP contribution is -2.69. The van der Waals surface area contributed by atoms with Crippen molar-refractivity contribution in [2.24, 2.45) is 23.2 Å².